The molecule has 0 saturated carbocycles. The lowest BCUT2D eigenvalue weighted by molar-refractivity contribution is 0.0955. The van der Waals surface area contributed by atoms with Crippen molar-refractivity contribution in [1.82, 2.24) is 10.3 Å². The summed E-state index contributed by atoms with van der Waals surface area (Å²) in [5.74, 6) is 0.676. The van der Waals surface area contributed by atoms with Gasteiger partial charge in [0.25, 0.3) is 5.91 Å². The van der Waals surface area contributed by atoms with Gasteiger partial charge < -0.3 is 9.73 Å². The van der Waals surface area contributed by atoms with E-state index in [4.69, 9.17) is 16.0 Å². The molecule has 0 fully saturated rings. The van der Waals surface area contributed by atoms with E-state index in [-0.39, 0.29) is 5.91 Å². The number of halogens is 1. The van der Waals surface area contributed by atoms with E-state index in [9.17, 15) is 4.79 Å². The van der Waals surface area contributed by atoms with Crippen LogP contribution in [0.25, 0.3) is 10.9 Å². The maximum Gasteiger partial charge on any atom is 0.252 e. The minimum Gasteiger partial charge on any atom is -0.469 e. The lowest BCUT2D eigenvalue weighted by Crippen LogP contribution is -2.25. The first kappa shape index (κ1) is 13.6. The number of hydrogen-bond donors (Lipinski definition) is 1. The third-order valence-electron chi connectivity index (χ3n) is 3.17. The number of carbonyl (C=O) groups excluding carboxylic acids is 1. The Balaban J connectivity index is 1.78. The van der Waals surface area contributed by atoms with Crippen LogP contribution in [-0.4, -0.2) is 17.4 Å². The molecule has 0 bridgehead atoms. The normalized spacial score (nSPS) is 10.7. The maximum absolute atomic E-state index is 12.3. The number of carbonyl (C=O) groups is 1. The van der Waals surface area contributed by atoms with Gasteiger partial charge in [0.2, 0.25) is 0 Å². The van der Waals surface area contributed by atoms with Crippen molar-refractivity contribution in [2.75, 3.05) is 6.54 Å². The van der Waals surface area contributed by atoms with Crippen molar-refractivity contribution in [2.24, 2.45) is 0 Å². The molecule has 0 atom stereocenters. The molecular weight excluding hydrogens is 288 g/mol. The van der Waals surface area contributed by atoms with E-state index >= 15 is 0 Å². The largest absolute Gasteiger partial charge is 0.469 e. The van der Waals surface area contributed by atoms with Crippen LogP contribution in [0.3, 0.4) is 0 Å². The van der Waals surface area contributed by atoms with Crippen molar-refractivity contribution in [3.63, 3.8) is 0 Å². The standard InChI is InChI=1S/C16H13ClN2O2/c17-15-10-13(12-5-1-2-6-14(12)19-15)16(20)18-8-7-11-4-3-9-21-11/h1-6,9-10H,7-8H2,(H,18,20). The fourth-order valence-electron chi connectivity index (χ4n) is 2.18. The Morgan fingerprint density at radius 1 is 1.24 bits per heavy atom. The van der Waals surface area contributed by atoms with Gasteiger partial charge in [-0.25, -0.2) is 4.98 Å². The Hall–Kier alpha value is -2.33. The molecule has 3 aromatic rings. The number of amides is 1. The molecule has 0 aliphatic rings. The number of hydrogen-bond acceptors (Lipinski definition) is 3. The quantitative estimate of drug-likeness (QED) is 0.751. The summed E-state index contributed by atoms with van der Waals surface area (Å²) in [6.07, 6.45) is 2.27. The molecule has 1 amide bonds. The first-order chi connectivity index (χ1) is 10.2. The van der Waals surface area contributed by atoms with Gasteiger partial charge in [0, 0.05) is 18.4 Å². The van der Waals surface area contributed by atoms with E-state index in [0.717, 1.165) is 11.1 Å². The Morgan fingerprint density at radius 3 is 2.90 bits per heavy atom. The third-order valence-corrected chi connectivity index (χ3v) is 3.36. The van der Waals surface area contributed by atoms with Crippen molar-refractivity contribution in [2.45, 2.75) is 6.42 Å². The van der Waals surface area contributed by atoms with Gasteiger partial charge in [-0.3, -0.25) is 4.79 Å². The van der Waals surface area contributed by atoms with Crippen LogP contribution in [0.15, 0.2) is 53.1 Å². The molecule has 1 N–H and O–H groups in total. The second-order valence-corrected chi connectivity index (χ2v) is 4.98. The number of fused-ring (bicyclic) bond motifs is 1. The molecule has 0 radical (unpaired) electrons. The molecule has 0 spiro atoms. The summed E-state index contributed by atoms with van der Waals surface area (Å²) < 4.78 is 5.23. The van der Waals surface area contributed by atoms with E-state index in [1.165, 1.54) is 0 Å². The highest BCUT2D eigenvalue weighted by Gasteiger charge is 2.12. The van der Waals surface area contributed by atoms with Gasteiger partial charge in [0.05, 0.1) is 17.3 Å². The number of pyridine rings is 1. The van der Waals surface area contributed by atoms with Gasteiger partial charge in [-0.2, -0.15) is 0 Å². The lowest BCUT2D eigenvalue weighted by Gasteiger charge is -2.08. The highest BCUT2D eigenvalue weighted by Crippen LogP contribution is 2.20. The summed E-state index contributed by atoms with van der Waals surface area (Å²) in [4.78, 5) is 16.5. The smallest absolute Gasteiger partial charge is 0.252 e. The number of para-hydroxylation sites is 1. The zero-order valence-corrected chi connectivity index (χ0v) is 11.9. The van der Waals surface area contributed by atoms with Crippen molar-refractivity contribution in [3.05, 3.63) is 65.2 Å². The number of benzene rings is 1. The van der Waals surface area contributed by atoms with Gasteiger partial charge >= 0.3 is 0 Å². The topological polar surface area (TPSA) is 55.1 Å². The van der Waals surface area contributed by atoms with Gasteiger partial charge in [-0.05, 0) is 24.3 Å². The average Bonchev–Trinajstić information content (AvgIpc) is 2.99. The highest BCUT2D eigenvalue weighted by atomic mass is 35.5. The van der Waals surface area contributed by atoms with Gasteiger partial charge in [0.15, 0.2) is 0 Å². The average molecular weight is 301 g/mol. The molecule has 2 aromatic heterocycles. The summed E-state index contributed by atoms with van der Waals surface area (Å²) in [6.45, 7) is 0.501. The first-order valence-electron chi connectivity index (χ1n) is 6.60. The van der Waals surface area contributed by atoms with Gasteiger partial charge in [0.1, 0.15) is 10.9 Å². The van der Waals surface area contributed by atoms with Crippen LogP contribution in [0.1, 0.15) is 16.1 Å². The van der Waals surface area contributed by atoms with Crippen LogP contribution in [0.5, 0.6) is 0 Å². The van der Waals surface area contributed by atoms with Crippen LogP contribution >= 0.6 is 11.6 Å². The zero-order valence-electron chi connectivity index (χ0n) is 11.2. The maximum atomic E-state index is 12.3. The predicted octanol–water partition coefficient (Wildman–Crippen LogP) is 3.45. The van der Waals surface area contributed by atoms with Gasteiger partial charge in [-0.1, -0.05) is 29.8 Å². The monoisotopic (exact) mass is 300 g/mol. The first-order valence-corrected chi connectivity index (χ1v) is 6.98. The number of aromatic nitrogens is 1. The number of nitrogens with one attached hydrogen (secondary N) is 1. The fraction of sp³-hybridized carbons (Fsp3) is 0.125. The Kier molecular flexibility index (Phi) is 3.88. The minimum atomic E-state index is -0.165. The van der Waals surface area contributed by atoms with Crippen molar-refractivity contribution in [3.8, 4) is 0 Å². The van der Waals surface area contributed by atoms with Crippen molar-refractivity contribution in [1.29, 1.82) is 0 Å². The van der Waals surface area contributed by atoms with Gasteiger partial charge in [-0.15, -0.1) is 0 Å². The zero-order chi connectivity index (χ0) is 14.7. The second-order valence-electron chi connectivity index (χ2n) is 4.59. The van der Waals surface area contributed by atoms with E-state index in [2.05, 4.69) is 10.3 Å². The van der Waals surface area contributed by atoms with Crippen LogP contribution < -0.4 is 5.32 Å². The van der Waals surface area contributed by atoms with E-state index in [1.54, 1.807) is 12.3 Å². The van der Waals surface area contributed by atoms with Crippen LogP contribution in [0.4, 0.5) is 0 Å². The molecule has 0 saturated heterocycles. The molecular formula is C16H13ClN2O2. The second kappa shape index (κ2) is 5.97. The molecule has 0 aliphatic carbocycles. The molecule has 1 aromatic carbocycles. The number of furan rings is 1. The van der Waals surface area contributed by atoms with E-state index < -0.39 is 0 Å². The van der Waals surface area contributed by atoms with Crippen LogP contribution in [0, 0.1) is 0 Å². The molecule has 106 valence electrons. The summed E-state index contributed by atoms with van der Waals surface area (Å²) in [6, 6.07) is 12.7. The molecule has 0 aliphatic heterocycles. The Bertz CT molecular complexity index is 769. The Morgan fingerprint density at radius 2 is 2.10 bits per heavy atom. The van der Waals surface area contributed by atoms with E-state index in [1.807, 2.05) is 36.4 Å². The number of rotatable bonds is 4. The highest BCUT2D eigenvalue weighted by molar-refractivity contribution is 6.30. The molecule has 4 nitrogen and oxygen atoms in total. The van der Waals surface area contributed by atoms with Crippen LogP contribution in [0.2, 0.25) is 5.15 Å². The predicted molar refractivity (Wildman–Crippen MR) is 81.5 cm³/mol. The van der Waals surface area contributed by atoms with Crippen LogP contribution in [-0.2, 0) is 6.42 Å². The third kappa shape index (κ3) is 3.06. The molecule has 2 heterocycles. The molecule has 5 heteroatoms. The SMILES string of the molecule is O=C(NCCc1ccco1)c1cc(Cl)nc2ccccc12. The molecule has 21 heavy (non-hydrogen) atoms. The molecule has 3 rings (SSSR count). The minimum absolute atomic E-state index is 0.165. The molecule has 0 unspecified atom stereocenters. The lowest BCUT2D eigenvalue weighted by atomic mass is 10.1. The number of nitrogens with zero attached hydrogens (tertiary/aromatic N) is 1. The summed E-state index contributed by atoms with van der Waals surface area (Å²) in [5, 5.41) is 3.97. The summed E-state index contributed by atoms with van der Waals surface area (Å²) in [7, 11) is 0. The van der Waals surface area contributed by atoms with Crippen molar-refractivity contribution < 1.29 is 9.21 Å². The van der Waals surface area contributed by atoms with E-state index in [0.29, 0.717) is 29.2 Å². The summed E-state index contributed by atoms with van der Waals surface area (Å²) >= 11 is 5.98. The van der Waals surface area contributed by atoms with Crippen molar-refractivity contribution >= 4 is 28.4 Å². The Labute approximate surface area is 126 Å². The summed E-state index contributed by atoms with van der Waals surface area (Å²) in [5.41, 5.74) is 1.24. The fourth-order valence-corrected chi connectivity index (χ4v) is 2.38.